The van der Waals surface area contributed by atoms with Crippen molar-refractivity contribution < 1.29 is 4.74 Å². The Labute approximate surface area is 179 Å². The van der Waals surface area contributed by atoms with E-state index in [0.29, 0.717) is 0 Å². The van der Waals surface area contributed by atoms with Crippen LogP contribution < -0.4 is 4.74 Å². The van der Waals surface area contributed by atoms with Gasteiger partial charge in [-0.15, -0.1) is 10.2 Å². The van der Waals surface area contributed by atoms with Gasteiger partial charge in [0.2, 0.25) is 0 Å². The SMILES string of the molecule is COc1ccc(-n2c(SCc3cccc(Cl)c3)nnc2-c2cccc(C)c2)cc1. The summed E-state index contributed by atoms with van der Waals surface area (Å²) in [6.07, 6.45) is 0. The molecule has 0 saturated carbocycles. The molecule has 0 N–H and O–H groups in total. The van der Waals surface area contributed by atoms with Crippen molar-refractivity contribution in [1.29, 1.82) is 0 Å². The van der Waals surface area contributed by atoms with Gasteiger partial charge in [-0.1, -0.05) is 59.3 Å². The first-order chi connectivity index (χ1) is 14.1. The molecule has 4 nitrogen and oxygen atoms in total. The Balaban J connectivity index is 1.74. The van der Waals surface area contributed by atoms with E-state index in [4.69, 9.17) is 16.3 Å². The van der Waals surface area contributed by atoms with Gasteiger partial charge in [0, 0.05) is 22.0 Å². The van der Waals surface area contributed by atoms with Gasteiger partial charge in [0.15, 0.2) is 11.0 Å². The highest BCUT2D eigenvalue weighted by Gasteiger charge is 2.16. The van der Waals surface area contributed by atoms with Crippen LogP contribution in [0.2, 0.25) is 5.02 Å². The number of benzene rings is 3. The van der Waals surface area contributed by atoms with Crippen LogP contribution in [0.15, 0.2) is 78.0 Å². The second-order valence-corrected chi connectivity index (χ2v) is 8.01. The van der Waals surface area contributed by atoms with Gasteiger partial charge in [0.1, 0.15) is 5.75 Å². The van der Waals surface area contributed by atoms with Gasteiger partial charge in [-0.2, -0.15) is 0 Å². The van der Waals surface area contributed by atoms with Crippen LogP contribution in [0.3, 0.4) is 0 Å². The summed E-state index contributed by atoms with van der Waals surface area (Å²) in [5.41, 5.74) is 4.34. The van der Waals surface area contributed by atoms with Crippen LogP contribution in [0.5, 0.6) is 5.75 Å². The molecule has 29 heavy (non-hydrogen) atoms. The quantitative estimate of drug-likeness (QED) is 0.347. The molecule has 4 aromatic rings. The molecular formula is C23H20ClN3OS. The summed E-state index contributed by atoms with van der Waals surface area (Å²) >= 11 is 7.76. The van der Waals surface area contributed by atoms with Gasteiger partial charge in [-0.3, -0.25) is 4.57 Å². The van der Waals surface area contributed by atoms with E-state index < -0.39 is 0 Å². The molecule has 1 heterocycles. The van der Waals surface area contributed by atoms with Crippen LogP contribution in [0, 0.1) is 6.92 Å². The molecule has 0 aliphatic heterocycles. The van der Waals surface area contributed by atoms with E-state index in [-0.39, 0.29) is 0 Å². The molecule has 0 bridgehead atoms. The summed E-state index contributed by atoms with van der Waals surface area (Å²) in [4.78, 5) is 0. The minimum atomic E-state index is 0.736. The van der Waals surface area contributed by atoms with Crippen molar-refractivity contribution in [3.63, 3.8) is 0 Å². The van der Waals surface area contributed by atoms with Gasteiger partial charge in [0.25, 0.3) is 0 Å². The second kappa shape index (κ2) is 8.72. The van der Waals surface area contributed by atoms with Crippen molar-refractivity contribution in [3.8, 4) is 22.8 Å². The minimum absolute atomic E-state index is 0.736. The van der Waals surface area contributed by atoms with E-state index in [1.54, 1.807) is 18.9 Å². The molecule has 3 aromatic carbocycles. The van der Waals surface area contributed by atoms with Gasteiger partial charge in [-0.25, -0.2) is 0 Å². The van der Waals surface area contributed by atoms with Crippen LogP contribution in [-0.4, -0.2) is 21.9 Å². The van der Waals surface area contributed by atoms with Gasteiger partial charge in [0.05, 0.1) is 7.11 Å². The molecule has 146 valence electrons. The standard InChI is InChI=1S/C23H20ClN3OS/c1-16-5-3-7-18(13-16)22-25-26-23(29-15-17-6-4-8-19(24)14-17)27(22)20-9-11-21(28-2)12-10-20/h3-14H,15H2,1-2H3. The zero-order valence-corrected chi connectivity index (χ0v) is 17.7. The second-order valence-electron chi connectivity index (χ2n) is 6.63. The highest BCUT2D eigenvalue weighted by molar-refractivity contribution is 7.98. The molecule has 0 spiro atoms. The average molecular weight is 422 g/mol. The summed E-state index contributed by atoms with van der Waals surface area (Å²) in [6, 6.07) is 24.1. The van der Waals surface area contributed by atoms with Crippen molar-refractivity contribution in [2.45, 2.75) is 17.8 Å². The van der Waals surface area contributed by atoms with Crippen LogP contribution in [0.4, 0.5) is 0 Å². The average Bonchev–Trinajstić information content (AvgIpc) is 3.16. The van der Waals surface area contributed by atoms with E-state index >= 15 is 0 Å². The van der Waals surface area contributed by atoms with Gasteiger partial charge >= 0.3 is 0 Å². The lowest BCUT2D eigenvalue weighted by molar-refractivity contribution is 0.414. The van der Waals surface area contributed by atoms with Gasteiger partial charge in [-0.05, 0) is 55.0 Å². The molecule has 0 aliphatic rings. The Morgan fingerprint density at radius 3 is 2.48 bits per heavy atom. The highest BCUT2D eigenvalue weighted by atomic mass is 35.5. The van der Waals surface area contributed by atoms with Crippen molar-refractivity contribution >= 4 is 23.4 Å². The molecule has 0 unspecified atom stereocenters. The number of aryl methyl sites for hydroxylation is 1. The number of methoxy groups -OCH3 is 1. The van der Waals surface area contributed by atoms with E-state index in [0.717, 1.165) is 44.3 Å². The normalized spacial score (nSPS) is 10.9. The largest absolute Gasteiger partial charge is 0.497 e. The third-order valence-electron chi connectivity index (χ3n) is 4.50. The fourth-order valence-corrected chi connectivity index (χ4v) is 4.18. The summed E-state index contributed by atoms with van der Waals surface area (Å²) in [6.45, 7) is 2.08. The lowest BCUT2D eigenvalue weighted by Gasteiger charge is -2.11. The third kappa shape index (κ3) is 4.47. The Bertz CT molecular complexity index is 1130. The Morgan fingerprint density at radius 1 is 0.966 bits per heavy atom. The monoisotopic (exact) mass is 421 g/mol. The molecule has 1 aromatic heterocycles. The summed E-state index contributed by atoms with van der Waals surface area (Å²) in [5, 5.41) is 10.6. The lowest BCUT2D eigenvalue weighted by atomic mass is 10.1. The number of ether oxygens (including phenoxy) is 1. The highest BCUT2D eigenvalue weighted by Crippen LogP contribution is 2.31. The molecule has 4 rings (SSSR count). The number of thioether (sulfide) groups is 1. The first-order valence-corrected chi connectivity index (χ1v) is 10.5. The van der Waals surface area contributed by atoms with Crippen molar-refractivity contribution in [2.75, 3.05) is 7.11 Å². The van der Waals surface area contributed by atoms with Gasteiger partial charge < -0.3 is 4.74 Å². The minimum Gasteiger partial charge on any atom is -0.497 e. The van der Waals surface area contributed by atoms with Crippen LogP contribution in [0.25, 0.3) is 17.1 Å². The first kappa shape index (κ1) is 19.6. The summed E-state index contributed by atoms with van der Waals surface area (Å²) < 4.78 is 7.39. The first-order valence-electron chi connectivity index (χ1n) is 9.18. The molecule has 0 amide bonds. The Morgan fingerprint density at radius 2 is 1.76 bits per heavy atom. The van der Waals surface area contributed by atoms with Crippen molar-refractivity contribution in [2.24, 2.45) is 0 Å². The van der Waals surface area contributed by atoms with Crippen LogP contribution >= 0.6 is 23.4 Å². The maximum absolute atomic E-state index is 6.13. The fourth-order valence-electron chi connectivity index (χ4n) is 3.07. The van der Waals surface area contributed by atoms with E-state index in [2.05, 4.69) is 46.0 Å². The number of nitrogens with zero attached hydrogens (tertiary/aromatic N) is 3. The fraction of sp³-hybridized carbons (Fsp3) is 0.130. The summed E-state index contributed by atoms with van der Waals surface area (Å²) in [5.74, 6) is 2.38. The Kier molecular flexibility index (Phi) is 5.88. The molecule has 0 radical (unpaired) electrons. The topological polar surface area (TPSA) is 39.9 Å². The molecule has 0 atom stereocenters. The number of halogens is 1. The Hall–Kier alpha value is -2.76. The predicted octanol–water partition coefficient (Wildman–Crippen LogP) is 6.20. The van der Waals surface area contributed by atoms with Crippen LogP contribution in [0.1, 0.15) is 11.1 Å². The lowest BCUT2D eigenvalue weighted by Crippen LogP contribution is -2.00. The zero-order valence-electron chi connectivity index (χ0n) is 16.2. The third-order valence-corrected chi connectivity index (χ3v) is 5.73. The molecule has 0 aliphatic carbocycles. The van der Waals surface area contributed by atoms with Crippen molar-refractivity contribution in [1.82, 2.24) is 14.8 Å². The van der Waals surface area contributed by atoms with Crippen LogP contribution in [-0.2, 0) is 5.75 Å². The van der Waals surface area contributed by atoms with E-state index in [1.165, 1.54) is 5.56 Å². The van der Waals surface area contributed by atoms with E-state index in [1.807, 2.05) is 48.5 Å². The summed E-state index contributed by atoms with van der Waals surface area (Å²) in [7, 11) is 1.66. The zero-order chi connectivity index (χ0) is 20.2. The molecule has 6 heteroatoms. The maximum atomic E-state index is 6.13. The molecule has 0 fully saturated rings. The van der Waals surface area contributed by atoms with E-state index in [9.17, 15) is 0 Å². The predicted molar refractivity (Wildman–Crippen MR) is 119 cm³/mol. The number of rotatable bonds is 6. The number of hydrogen-bond acceptors (Lipinski definition) is 4. The number of aromatic nitrogens is 3. The number of hydrogen-bond donors (Lipinski definition) is 0. The maximum Gasteiger partial charge on any atom is 0.196 e. The smallest absolute Gasteiger partial charge is 0.196 e. The molecule has 0 saturated heterocycles. The van der Waals surface area contributed by atoms with Crippen molar-refractivity contribution in [3.05, 3.63) is 88.9 Å². The molecular weight excluding hydrogens is 402 g/mol.